The Bertz CT molecular complexity index is 1360. The summed E-state index contributed by atoms with van der Waals surface area (Å²) in [4.78, 5) is 43.0. The molecule has 2 atom stereocenters. The Morgan fingerprint density at radius 1 is 0.881 bits per heavy atom. The molecule has 0 bridgehead atoms. The molecule has 0 saturated carbocycles. The molecule has 0 saturated heterocycles. The van der Waals surface area contributed by atoms with Gasteiger partial charge in [0.05, 0.1) is 7.11 Å². The molecule has 0 aromatic heterocycles. The number of rotatable bonds is 10. The van der Waals surface area contributed by atoms with Crippen molar-refractivity contribution in [1.29, 1.82) is 0 Å². The van der Waals surface area contributed by atoms with Crippen molar-refractivity contribution in [1.82, 2.24) is 10.2 Å². The van der Waals surface area contributed by atoms with E-state index in [0.29, 0.717) is 17.0 Å². The maximum Gasteiger partial charge on any atom is 0.408 e. The van der Waals surface area contributed by atoms with Crippen LogP contribution in [-0.2, 0) is 20.7 Å². The molecule has 0 aliphatic carbocycles. The molecular weight excluding hydrogens is 530 g/mol. The summed E-state index contributed by atoms with van der Waals surface area (Å²) in [5.41, 5.74) is 3.42. The van der Waals surface area contributed by atoms with E-state index in [1.54, 1.807) is 57.0 Å². The first-order chi connectivity index (χ1) is 19.8. The number of hydrogen-bond acceptors (Lipinski definition) is 5. The van der Waals surface area contributed by atoms with Crippen molar-refractivity contribution in [2.24, 2.45) is 0 Å². The second-order valence-electron chi connectivity index (χ2n) is 11.7. The fraction of sp³-hybridized carbons (Fsp3) is 0.382. The Hall–Kier alpha value is -4.33. The zero-order valence-corrected chi connectivity index (χ0v) is 25.9. The highest BCUT2D eigenvalue weighted by Gasteiger charge is 2.38. The second kappa shape index (κ2) is 14.0. The first-order valence-electron chi connectivity index (χ1n) is 14.2. The SMILES string of the molecule is COc1ccc(NC(=O)C(c2ccc(C)c(C)c2)N(C(=O)C(Cc2ccccc2)NC(=O)OC(C)(C)C)C(C)C)cc1. The molecule has 0 radical (unpaired) electrons. The first kappa shape index (κ1) is 32.2. The van der Waals surface area contributed by atoms with Crippen molar-refractivity contribution in [3.63, 3.8) is 0 Å². The van der Waals surface area contributed by atoms with Gasteiger partial charge in [0.15, 0.2) is 0 Å². The van der Waals surface area contributed by atoms with E-state index in [4.69, 9.17) is 9.47 Å². The number of benzene rings is 3. The number of aryl methyl sites for hydroxylation is 2. The van der Waals surface area contributed by atoms with Gasteiger partial charge >= 0.3 is 6.09 Å². The number of ether oxygens (including phenoxy) is 2. The van der Waals surface area contributed by atoms with Gasteiger partial charge in [0.25, 0.3) is 5.91 Å². The van der Waals surface area contributed by atoms with Crippen molar-refractivity contribution < 1.29 is 23.9 Å². The smallest absolute Gasteiger partial charge is 0.408 e. The molecule has 2 N–H and O–H groups in total. The maximum atomic E-state index is 14.5. The minimum absolute atomic E-state index is 0.224. The van der Waals surface area contributed by atoms with Crippen LogP contribution in [0.15, 0.2) is 72.8 Å². The van der Waals surface area contributed by atoms with Gasteiger partial charge in [-0.05, 0) is 95.0 Å². The van der Waals surface area contributed by atoms with E-state index in [-0.39, 0.29) is 18.4 Å². The molecule has 8 heteroatoms. The summed E-state index contributed by atoms with van der Waals surface area (Å²) >= 11 is 0. The molecule has 0 spiro atoms. The molecule has 0 aliphatic heterocycles. The third-order valence-corrected chi connectivity index (χ3v) is 6.81. The Balaban J connectivity index is 2.06. The first-order valence-corrected chi connectivity index (χ1v) is 14.2. The normalized spacial score (nSPS) is 12.7. The summed E-state index contributed by atoms with van der Waals surface area (Å²) in [6.07, 6.45) is -0.479. The van der Waals surface area contributed by atoms with E-state index in [2.05, 4.69) is 10.6 Å². The van der Waals surface area contributed by atoms with Crippen LogP contribution in [0.5, 0.6) is 5.75 Å². The summed E-state index contributed by atoms with van der Waals surface area (Å²) in [5.74, 6) is -0.108. The monoisotopic (exact) mass is 573 g/mol. The molecule has 3 aromatic rings. The van der Waals surface area contributed by atoms with Gasteiger partial charge < -0.3 is 25.0 Å². The van der Waals surface area contributed by atoms with Crippen molar-refractivity contribution in [2.75, 3.05) is 12.4 Å². The zero-order valence-electron chi connectivity index (χ0n) is 25.9. The molecule has 42 heavy (non-hydrogen) atoms. The lowest BCUT2D eigenvalue weighted by Crippen LogP contribution is -2.55. The lowest BCUT2D eigenvalue weighted by atomic mass is 9.96. The van der Waals surface area contributed by atoms with Crippen LogP contribution < -0.4 is 15.4 Å². The average Bonchev–Trinajstić information content (AvgIpc) is 2.92. The van der Waals surface area contributed by atoms with Crippen LogP contribution in [0.1, 0.15) is 62.9 Å². The molecule has 224 valence electrons. The van der Waals surface area contributed by atoms with Gasteiger partial charge in [-0.3, -0.25) is 9.59 Å². The number of alkyl carbamates (subject to hydrolysis) is 1. The Kier molecular flexibility index (Phi) is 10.8. The van der Waals surface area contributed by atoms with Crippen LogP contribution >= 0.6 is 0 Å². The van der Waals surface area contributed by atoms with E-state index in [0.717, 1.165) is 16.7 Å². The molecule has 0 heterocycles. The highest BCUT2D eigenvalue weighted by molar-refractivity contribution is 5.99. The van der Waals surface area contributed by atoms with Crippen LogP contribution in [0.2, 0.25) is 0 Å². The van der Waals surface area contributed by atoms with E-state index < -0.39 is 29.7 Å². The lowest BCUT2D eigenvalue weighted by molar-refractivity contribution is -0.142. The van der Waals surface area contributed by atoms with Crippen LogP contribution in [0.3, 0.4) is 0 Å². The van der Waals surface area contributed by atoms with Gasteiger partial charge in [0, 0.05) is 18.2 Å². The van der Waals surface area contributed by atoms with Gasteiger partial charge in [-0.2, -0.15) is 0 Å². The molecule has 3 aromatic carbocycles. The number of anilines is 1. The van der Waals surface area contributed by atoms with Crippen LogP contribution in [0.25, 0.3) is 0 Å². The number of nitrogens with one attached hydrogen (secondary N) is 2. The zero-order chi connectivity index (χ0) is 31.0. The molecule has 0 fully saturated rings. The number of nitrogens with zero attached hydrogens (tertiary/aromatic N) is 1. The fourth-order valence-electron chi connectivity index (χ4n) is 4.62. The summed E-state index contributed by atoms with van der Waals surface area (Å²) < 4.78 is 10.7. The van der Waals surface area contributed by atoms with Crippen LogP contribution in [0, 0.1) is 13.8 Å². The summed E-state index contributed by atoms with van der Waals surface area (Å²) in [5, 5.41) is 5.76. The van der Waals surface area contributed by atoms with Crippen molar-refractivity contribution in [2.45, 2.75) is 78.6 Å². The van der Waals surface area contributed by atoms with Gasteiger partial charge in [0.2, 0.25) is 5.91 Å². The minimum Gasteiger partial charge on any atom is -0.497 e. The van der Waals surface area contributed by atoms with Crippen LogP contribution in [0.4, 0.5) is 10.5 Å². The molecule has 8 nitrogen and oxygen atoms in total. The highest BCUT2D eigenvalue weighted by atomic mass is 16.6. The summed E-state index contributed by atoms with van der Waals surface area (Å²) in [6, 6.07) is 19.9. The number of carbonyl (C=O) groups excluding carboxylic acids is 3. The topological polar surface area (TPSA) is 97.0 Å². The lowest BCUT2D eigenvalue weighted by Gasteiger charge is -2.37. The van der Waals surface area contributed by atoms with E-state index in [1.807, 2.05) is 76.2 Å². The van der Waals surface area contributed by atoms with Gasteiger partial charge in [-0.1, -0.05) is 48.5 Å². The van der Waals surface area contributed by atoms with E-state index in [1.165, 1.54) is 0 Å². The predicted molar refractivity (Wildman–Crippen MR) is 166 cm³/mol. The number of hydrogen-bond donors (Lipinski definition) is 2. The molecular formula is C34H43N3O5. The Labute approximate surface area is 249 Å². The maximum absolute atomic E-state index is 14.5. The van der Waals surface area contributed by atoms with Crippen molar-refractivity contribution in [3.8, 4) is 5.75 Å². The third kappa shape index (κ3) is 8.83. The van der Waals surface area contributed by atoms with Gasteiger partial charge in [-0.15, -0.1) is 0 Å². The molecule has 2 unspecified atom stereocenters. The second-order valence-corrected chi connectivity index (χ2v) is 11.7. The largest absolute Gasteiger partial charge is 0.497 e. The minimum atomic E-state index is -0.979. The Morgan fingerprint density at radius 3 is 2.07 bits per heavy atom. The molecule has 3 amide bonds. The number of methoxy groups -OCH3 is 1. The van der Waals surface area contributed by atoms with E-state index in [9.17, 15) is 14.4 Å². The number of carbonyl (C=O) groups is 3. The summed E-state index contributed by atoms with van der Waals surface area (Å²) in [6.45, 7) is 13.0. The van der Waals surface area contributed by atoms with Crippen molar-refractivity contribution in [3.05, 3.63) is 95.1 Å². The van der Waals surface area contributed by atoms with Crippen molar-refractivity contribution >= 4 is 23.6 Å². The number of amides is 3. The third-order valence-electron chi connectivity index (χ3n) is 6.81. The standard InChI is InChI=1S/C34H43N3O5/c1-22(2)37(32(39)29(21-25-12-10-9-11-13-25)36-33(40)42-34(5,6)7)30(26-15-14-23(3)24(4)20-26)31(38)35-27-16-18-28(41-8)19-17-27/h9-20,22,29-30H,21H2,1-8H3,(H,35,38)(H,36,40). The Morgan fingerprint density at radius 2 is 1.52 bits per heavy atom. The van der Waals surface area contributed by atoms with E-state index >= 15 is 0 Å². The van der Waals surface area contributed by atoms with Crippen LogP contribution in [-0.4, -0.2) is 47.6 Å². The summed E-state index contributed by atoms with van der Waals surface area (Å²) in [7, 11) is 1.58. The fourth-order valence-corrected chi connectivity index (χ4v) is 4.62. The molecule has 3 rings (SSSR count). The quantitative estimate of drug-likeness (QED) is 0.294. The average molecular weight is 574 g/mol. The highest BCUT2D eigenvalue weighted by Crippen LogP contribution is 2.29. The van der Waals surface area contributed by atoms with Gasteiger partial charge in [0.1, 0.15) is 23.4 Å². The van der Waals surface area contributed by atoms with Gasteiger partial charge in [-0.25, -0.2) is 4.79 Å². The molecule has 0 aliphatic rings. The predicted octanol–water partition coefficient (Wildman–Crippen LogP) is 6.36.